The third-order valence-electron chi connectivity index (χ3n) is 4.84. The first-order valence-electron chi connectivity index (χ1n) is 9.37. The Labute approximate surface area is 174 Å². The van der Waals surface area contributed by atoms with Crippen LogP contribution in [0.5, 0.6) is 17.2 Å². The average molecular weight is 413 g/mol. The molecule has 1 atom stereocenters. The molecule has 0 saturated heterocycles. The average Bonchev–Trinajstić information content (AvgIpc) is 3.15. The van der Waals surface area contributed by atoms with Crippen molar-refractivity contribution in [3.63, 3.8) is 0 Å². The zero-order valence-electron chi connectivity index (χ0n) is 17.0. The predicted molar refractivity (Wildman–Crippen MR) is 112 cm³/mol. The number of hydrogen-bond acceptors (Lipinski definition) is 7. The largest absolute Gasteiger partial charge is 0.493 e. The molecule has 0 radical (unpaired) electrons. The molecule has 2 aromatic carbocycles. The lowest BCUT2D eigenvalue weighted by molar-refractivity contribution is -0.120. The van der Waals surface area contributed by atoms with E-state index >= 15 is 0 Å². The van der Waals surface area contributed by atoms with Crippen molar-refractivity contribution in [3.8, 4) is 17.2 Å². The summed E-state index contributed by atoms with van der Waals surface area (Å²) >= 11 is 0. The topological polar surface area (TPSA) is 110 Å². The summed E-state index contributed by atoms with van der Waals surface area (Å²) in [6.45, 7) is 0. The van der Waals surface area contributed by atoms with Crippen molar-refractivity contribution < 1.29 is 33.5 Å². The molecule has 3 N–H and O–H groups in total. The maximum absolute atomic E-state index is 12.7. The number of carbonyl (C=O) groups excluding carboxylic acids is 1. The van der Waals surface area contributed by atoms with Crippen molar-refractivity contribution in [3.05, 3.63) is 53.8 Å². The van der Waals surface area contributed by atoms with Crippen molar-refractivity contribution in [1.82, 2.24) is 5.32 Å². The van der Waals surface area contributed by atoms with Crippen LogP contribution >= 0.6 is 0 Å². The van der Waals surface area contributed by atoms with E-state index in [2.05, 4.69) is 5.32 Å². The molecule has 3 rings (SSSR count). The number of methoxy groups -OCH3 is 3. The van der Waals surface area contributed by atoms with E-state index in [4.69, 9.17) is 18.6 Å². The zero-order chi connectivity index (χ0) is 21.7. The van der Waals surface area contributed by atoms with Crippen molar-refractivity contribution >= 4 is 24.0 Å². The molecule has 0 aliphatic rings. The second-order valence-electron chi connectivity index (χ2n) is 6.72. The molecular weight excluding hydrogens is 389 g/mol. The number of para-hydroxylation sites is 1. The number of amides is 1. The first-order valence-corrected chi connectivity index (χ1v) is 9.37. The van der Waals surface area contributed by atoms with Gasteiger partial charge >= 0.3 is 7.12 Å². The lowest BCUT2D eigenvalue weighted by Gasteiger charge is -2.19. The van der Waals surface area contributed by atoms with Crippen LogP contribution < -0.4 is 19.5 Å². The van der Waals surface area contributed by atoms with Gasteiger partial charge in [0.1, 0.15) is 5.58 Å². The molecule has 30 heavy (non-hydrogen) atoms. The van der Waals surface area contributed by atoms with E-state index in [1.54, 1.807) is 18.4 Å². The molecule has 3 aromatic rings. The number of nitrogens with one attached hydrogen (secondary N) is 1. The minimum atomic E-state index is -1.74. The number of benzene rings is 2. The highest BCUT2D eigenvalue weighted by Gasteiger charge is 2.27. The van der Waals surface area contributed by atoms with Crippen LogP contribution in [0.3, 0.4) is 0 Å². The smallest absolute Gasteiger partial charge is 0.475 e. The van der Waals surface area contributed by atoms with Crippen LogP contribution in [-0.4, -0.2) is 50.3 Å². The van der Waals surface area contributed by atoms with E-state index < -0.39 is 19.0 Å². The van der Waals surface area contributed by atoms with E-state index in [0.29, 0.717) is 28.4 Å². The number of fused-ring (bicyclic) bond motifs is 1. The van der Waals surface area contributed by atoms with Crippen LogP contribution in [-0.2, 0) is 17.6 Å². The lowest BCUT2D eigenvalue weighted by Crippen LogP contribution is -2.48. The quantitative estimate of drug-likeness (QED) is 0.459. The van der Waals surface area contributed by atoms with Crippen LogP contribution in [0.15, 0.2) is 47.1 Å². The van der Waals surface area contributed by atoms with E-state index in [1.165, 1.54) is 21.3 Å². The number of carbonyl (C=O) groups is 1. The Morgan fingerprint density at radius 3 is 2.43 bits per heavy atom. The summed E-state index contributed by atoms with van der Waals surface area (Å²) in [5.41, 5.74) is 2.04. The maximum atomic E-state index is 12.7. The number of furan rings is 1. The van der Waals surface area contributed by atoms with Crippen molar-refractivity contribution in [2.75, 3.05) is 21.3 Å². The molecule has 0 spiro atoms. The van der Waals surface area contributed by atoms with Crippen molar-refractivity contribution in [2.45, 2.75) is 18.8 Å². The molecule has 1 unspecified atom stereocenters. The Morgan fingerprint density at radius 2 is 1.77 bits per heavy atom. The van der Waals surface area contributed by atoms with Gasteiger partial charge in [-0.3, -0.25) is 4.79 Å². The molecule has 0 fully saturated rings. The summed E-state index contributed by atoms with van der Waals surface area (Å²) < 4.78 is 21.5. The summed E-state index contributed by atoms with van der Waals surface area (Å²) in [7, 11) is 2.73. The Bertz CT molecular complexity index is 1020. The Hall–Kier alpha value is -3.17. The third-order valence-corrected chi connectivity index (χ3v) is 4.84. The van der Waals surface area contributed by atoms with Gasteiger partial charge in [-0.05, 0) is 24.1 Å². The molecule has 0 bridgehead atoms. The number of ether oxygens (including phenoxy) is 3. The first kappa shape index (κ1) is 21.5. The monoisotopic (exact) mass is 413 g/mol. The standard InChI is InChI=1S/C21H24BNO7/c1-27-17-9-8-13(20(28-2)21(17)29-3)11-19(24)23-18(22(25)26)10-14-12-30-16-7-5-4-6-15(14)16/h4-9,12,18,25-26H,10-11H2,1-3H3,(H,23,24). The van der Waals surface area contributed by atoms with Crippen LogP contribution in [0.1, 0.15) is 11.1 Å². The van der Waals surface area contributed by atoms with Gasteiger partial charge in [0, 0.05) is 10.9 Å². The molecule has 0 aliphatic carbocycles. The van der Waals surface area contributed by atoms with E-state index in [9.17, 15) is 14.8 Å². The summed E-state index contributed by atoms with van der Waals surface area (Å²) in [4.78, 5) is 12.7. The van der Waals surface area contributed by atoms with E-state index in [0.717, 1.165) is 10.9 Å². The first-order chi connectivity index (χ1) is 14.5. The Balaban J connectivity index is 1.76. The summed E-state index contributed by atoms with van der Waals surface area (Å²) in [6.07, 6.45) is 1.71. The third kappa shape index (κ3) is 4.53. The van der Waals surface area contributed by atoms with Crippen LogP contribution in [0.4, 0.5) is 0 Å². The molecule has 1 aromatic heterocycles. The fourth-order valence-corrected chi connectivity index (χ4v) is 3.39. The summed E-state index contributed by atoms with van der Waals surface area (Å²) in [5.74, 6) is -0.0621. The fraction of sp³-hybridized carbons (Fsp3) is 0.286. The van der Waals surface area contributed by atoms with Crippen LogP contribution in [0.25, 0.3) is 11.0 Å². The molecule has 0 saturated carbocycles. The second-order valence-corrected chi connectivity index (χ2v) is 6.72. The number of rotatable bonds is 9. The van der Waals surface area contributed by atoms with E-state index in [1.807, 2.05) is 24.3 Å². The minimum absolute atomic E-state index is 0.0428. The lowest BCUT2D eigenvalue weighted by atomic mass is 9.75. The maximum Gasteiger partial charge on any atom is 0.475 e. The number of hydrogen-bond donors (Lipinski definition) is 3. The summed E-state index contributed by atoms with van der Waals surface area (Å²) in [5, 5.41) is 23.1. The van der Waals surface area contributed by atoms with Crippen molar-refractivity contribution in [2.24, 2.45) is 0 Å². The van der Waals surface area contributed by atoms with Crippen LogP contribution in [0, 0.1) is 0 Å². The molecule has 9 heteroatoms. The SMILES string of the molecule is COc1ccc(CC(=O)NC(Cc2coc3ccccc23)B(O)O)c(OC)c1OC. The van der Waals surface area contributed by atoms with Gasteiger partial charge in [-0.15, -0.1) is 0 Å². The van der Waals surface area contributed by atoms with E-state index in [-0.39, 0.29) is 12.8 Å². The Kier molecular flexibility index (Phi) is 6.86. The van der Waals surface area contributed by atoms with Crippen LogP contribution in [0.2, 0.25) is 0 Å². The van der Waals surface area contributed by atoms with Gasteiger partial charge in [0.25, 0.3) is 0 Å². The molecule has 1 heterocycles. The highest BCUT2D eigenvalue weighted by Crippen LogP contribution is 2.39. The highest BCUT2D eigenvalue weighted by atomic mass is 16.5. The Morgan fingerprint density at radius 1 is 1.03 bits per heavy atom. The van der Waals surface area contributed by atoms with Gasteiger partial charge in [-0.2, -0.15) is 0 Å². The normalized spacial score (nSPS) is 11.8. The predicted octanol–water partition coefficient (Wildman–Crippen LogP) is 1.74. The van der Waals surface area contributed by atoms with Gasteiger partial charge in [0.05, 0.1) is 40.0 Å². The molecule has 8 nitrogen and oxygen atoms in total. The second kappa shape index (κ2) is 9.56. The summed E-state index contributed by atoms with van der Waals surface area (Å²) in [6, 6.07) is 10.8. The van der Waals surface area contributed by atoms with Gasteiger partial charge in [-0.25, -0.2) is 0 Å². The fourth-order valence-electron chi connectivity index (χ4n) is 3.39. The highest BCUT2D eigenvalue weighted by molar-refractivity contribution is 6.43. The zero-order valence-corrected chi connectivity index (χ0v) is 17.0. The molecule has 1 amide bonds. The van der Waals surface area contributed by atoms with Gasteiger partial charge in [0.2, 0.25) is 11.7 Å². The van der Waals surface area contributed by atoms with Crippen molar-refractivity contribution in [1.29, 1.82) is 0 Å². The van der Waals surface area contributed by atoms with Gasteiger partial charge in [0.15, 0.2) is 11.5 Å². The van der Waals surface area contributed by atoms with Gasteiger partial charge in [-0.1, -0.05) is 24.3 Å². The molecule has 158 valence electrons. The molecular formula is C21H24BNO7. The minimum Gasteiger partial charge on any atom is -0.493 e. The van der Waals surface area contributed by atoms with Gasteiger partial charge < -0.3 is 34.0 Å². The molecule has 0 aliphatic heterocycles.